The molecule has 0 unspecified atom stereocenters. The zero-order chi connectivity index (χ0) is 12.2. The molecule has 0 heterocycles. The monoisotopic (exact) mass is 243 g/mol. The molecule has 1 N–H and O–H groups in total. The molecule has 2 aliphatic carbocycles. The van der Waals surface area contributed by atoms with Crippen molar-refractivity contribution in [3.05, 3.63) is 35.9 Å². The first-order chi connectivity index (χ1) is 8.93. The van der Waals surface area contributed by atoms with Crippen LogP contribution in [0.15, 0.2) is 30.3 Å². The highest BCUT2D eigenvalue weighted by Gasteiger charge is 2.40. The maximum Gasteiger partial charge on any atom is 0.0124 e. The van der Waals surface area contributed by atoms with Crippen molar-refractivity contribution < 1.29 is 0 Å². The van der Waals surface area contributed by atoms with Gasteiger partial charge in [0.2, 0.25) is 0 Å². The number of benzene rings is 1. The molecule has 1 aromatic rings. The Morgan fingerprint density at radius 2 is 1.61 bits per heavy atom. The summed E-state index contributed by atoms with van der Waals surface area (Å²) in [6, 6.07) is 11.7. The Labute approximate surface area is 111 Å². The molecule has 2 aliphatic rings. The number of hydrogen-bond donors (Lipinski definition) is 1. The van der Waals surface area contributed by atoms with E-state index in [9.17, 15) is 0 Å². The summed E-state index contributed by atoms with van der Waals surface area (Å²) in [5, 5.41) is 3.83. The summed E-state index contributed by atoms with van der Waals surface area (Å²) >= 11 is 0. The van der Waals surface area contributed by atoms with E-state index >= 15 is 0 Å². The Balaban J connectivity index is 1.30. The van der Waals surface area contributed by atoms with Gasteiger partial charge in [0.15, 0.2) is 0 Å². The van der Waals surface area contributed by atoms with Crippen LogP contribution in [0.1, 0.15) is 44.1 Å². The summed E-state index contributed by atoms with van der Waals surface area (Å²) < 4.78 is 0. The molecule has 98 valence electrons. The zero-order valence-electron chi connectivity index (χ0n) is 11.3. The average Bonchev–Trinajstić information content (AvgIpc) is 3.29. The molecular formula is C17H25N. The van der Waals surface area contributed by atoms with Crippen molar-refractivity contribution >= 4 is 0 Å². The van der Waals surface area contributed by atoms with Crippen molar-refractivity contribution in [2.45, 2.75) is 51.0 Å². The van der Waals surface area contributed by atoms with Crippen LogP contribution in [0.5, 0.6) is 0 Å². The lowest BCUT2D eigenvalue weighted by atomic mass is 10.1. The van der Waals surface area contributed by atoms with Gasteiger partial charge in [0, 0.05) is 6.04 Å². The zero-order valence-corrected chi connectivity index (χ0v) is 11.3. The van der Waals surface area contributed by atoms with E-state index in [-0.39, 0.29) is 0 Å². The Morgan fingerprint density at radius 3 is 2.22 bits per heavy atom. The summed E-state index contributed by atoms with van der Waals surface area (Å²) in [4.78, 5) is 0. The molecular weight excluding hydrogens is 218 g/mol. The molecule has 0 atom stereocenters. The highest BCUT2D eigenvalue weighted by atomic mass is 14.9. The van der Waals surface area contributed by atoms with E-state index in [2.05, 4.69) is 35.6 Å². The van der Waals surface area contributed by atoms with E-state index in [1.165, 1.54) is 57.1 Å². The average molecular weight is 243 g/mol. The van der Waals surface area contributed by atoms with Crippen molar-refractivity contribution in [1.29, 1.82) is 0 Å². The van der Waals surface area contributed by atoms with Crippen LogP contribution in [0.4, 0.5) is 0 Å². The van der Waals surface area contributed by atoms with Gasteiger partial charge in [-0.1, -0.05) is 30.3 Å². The fourth-order valence-corrected chi connectivity index (χ4v) is 3.00. The van der Waals surface area contributed by atoms with E-state index in [4.69, 9.17) is 0 Å². The second kappa shape index (κ2) is 5.88. The van der Waals surface area contributed by atoms with E-state index < -0.39 is 0 Å². The van der Waals surface area contributed by atoms with Crippen molar-refractivity contribution in [2.75, 3.05) is 6.54 Å². The number of unbranched alkanes of at least 4 members (excludes halogenated alkanes) is 1. The standard InChI is InChI=1S/C17H25N/c1-2-6-14(7-3-1)8-4-5-13-18-17(15-9-10-15)16-11-12-16/h1-3,6-7,15-18H,4-5,8-13H2. The highest BCUT2D eigenvalue weighted by molar-refractivity contribution is 5.14. The predicted octanol–water partition coefficient (Wildman–Crippen LogP) is 3.79. The van der Waals surface area contributed by atoms with Crippen LogP contribution in [0.2, 0.25) is 0 Å². The quantitative estimate of drug-likeness (QED) is 0.685. The van der Waals surface area contributed by atoms with Crippen LogP contribution in [-0.4, -0.2) is 12.6 Å². The fraction of sp³-hybridized carbons (Fsp3) is 0.647. The molecule has 0 aliphatic heterocycles. The minimum absolute atomic E-state index is 0.877. The molecule has 0 saturated heterocycles. The van der Waals surface area contributed by atoms with Crippen LogP contribution >= 0.6 is 0 Å². The van der Waals surface area contributed by atoms with Gasteiger partial charge < -0.3 is 5.32 Å². The summed E-state index contributed by atoms with van der Waals surface area (Å²) in [6.45, 7) is 1.23. The maximum absolute atomic E-state index is 3.83. The molecule has 1 nitrogen and oxygen atoms in total. The molecule has 0 spiro atoms. The molecule has 0 bridgehead atoms. The second-order valence-electron chi connectivity index (χ2n) is 6.10. The second-order valence-corrected chi connectivity index (χ2v) is 6.10. The molecule has 1 heteroatoms. The SMILES string of the molecule is c1ccc(CCCCNC(C2CC2)C2CC2)cc1. The van der Waals surface area contributed by atoms with Gasteiger partial charge in [0.25, 0.3) is 0 Å². The van der Waals surface area contributed by atoms with Gasteiger partial charge in [-0.15, -0.1) is 0 Å². The summed E-state index contributed by atoms with van der Waals surface area (Å²) in [5.41, 5.74) is 1.48. The Morgan fingerprint density at radius 1 is 0.944 bits per heavy atom. The van der Waals surface area contributed by atoms with Gasteiger partial charge in [-0.2, -0.15) is 0 Å². The minimum Gasteiger partial charge on any atom is -0.313 e. The third-order valence-corrected chi connectivity index (χ3v) is 4.37. The van der Waals surface area contributed by atoms with Crippen LogP contribution in [0.3, 0.4) is 0 Å². The van der Waals surface area contributed by atoms with Crippen molar-refractivity contribution in [3.63, 3.8) is 0 Å². The van der Waals surface area contributed by atoms with Crippen LogP contribution in [-0.2, 0) is 6.42 Å². The molecule has 3 rings (SSSR count). The first kappa shape index (κ1) is 12.2. The van der Waals surface area contributed by atoms with Gasteiger partial charge in [-0.3, -0.25) is 0 Å². The van der Waals surface area contributed by atoms with E-state index in [0.29, 0.717) is 0 Å². The third kappa shape index (κ3) is 3.58. The van der Waals surface area contributed by atoms with Gasteiger partial charge in [-0.05, 0) is 68.9 Å². The molecule has 2 saturated carbocycles. The minimum atomic E-state index is 0.877. The van der Waals surface area contributed by atoms with Gasteiger partial charge in [-0.25, -0.2) is 0 Å². The van der Waals surface area contributed by atoms with Gasteiger partial charge >= 0.3 is 0 Å². The predicted molar refractivity (Wildman–Crippen MR) is 76.6 cm³/mol. The number of rotatable bonds is 8. The molecule has 2 fully saturated rings. The Hall–Kier alpha value is -0.820. The lowest BCUT2D eigenvalue weighted by Gasteiger charge is -2.17. The van der Waals surface area contributed by atoms with Crippen LogP contribution < -0.4 is 5.32 Å². The largest absolute Gasteiger partial charge is 0.313 e. The summed E-state index contributed by atoms with van der Waals surface area (Å²) in [6.07, 6.45) is 9.82. The molecule has 1 aromatic carbocycles. The lowest BCUT2D eigenvalue weighted by molar-refractivity contribution is 0.412. The van der Waals surface area contributed by atoms with Crippen molar-refractivity contribution in [3.8, 4) is 0 Å². The normalized spacial score (nSPS) is 19.4. The Kier molecular flexibility index (Phi) is 3.99. The maximum atomic E-state index is 3.83. The van der Waals surface area contributed by atoms with E-state index in [1.807, 2.05) is 0 Å². The van der Waals surface area contributed by atoms with Crippen molar-refractivity contribution in [1.82, 2.24) is 5.32 Å². The molecule has 0 radical (unpaired) electrons. The molecule has 18 heavy (non-hydrogen) atoms. The molecule has 0 aromatic heterocycles. The van der Waals surface area contributed by atoms with Crippen LogP contribution in [0, 0.1) is 11.8 Å². The van der Waals surface area contributed by atoms with E-state index in [1.54, 1.807) is 0 Å². The first-order valence-corrected chi connectivity index (χ1v) is 7.71. The lowest BCUT2D eigenvalue weighted by Crippen LogP contribution is -2.33. The smallest absolute Gasteiger partial charge is 0.0124 e. The first-order valence-electron chi connectivity index (χ1n) is 7.71. The number of hydrogen-bond acceptors (Lipinski definition) is 1. The van der Waals surface area contributed by atoms with Crippen molar-refractivity contribution in [2.24, 2.45) is 11.8 Å². The topological polar surface area (TPSA) is 12.0 Å². The highest BCUT2D eigenvalue weighted by Crippen LogP contribution is 2.44. The van der Waals surface area contributed by atoms with E-state index in [0.717, 1.165) is 17.9 Å². The van der Waals surface area contributed by atoms with Gasteiger partial charge in [0.05, 0.1) is 0 Å². The molecule has 0 amide bonds. The number of nitrogens with one attached hydrogen (secondary N) is 1. The van der Waals surface area contributed by atoms with Gasteiger partial charge in [0.1, 0.15) is 0 Å². The number of aryl methyl sites for hydroxylation is 1. The summed E-state index contributed by atoms with van der Waals surface area (Å²) in [5.74, 6) is 2.07. The summed E-state index contributed by atoms with van der Waals surface area (Å²) in [7, 11) is 0. The third-order valence-electron chi connectivity index (χ3n) is 4.37. The van der Waals surface area contributed by atoms with Crippen LogP contribution in [0.25, 0.3) is 0 Å². The fourth-order valence-electron chi connectivity index (χ4n) is 3.00. The Bertz CT molecular complexity index is 339.